The first-order chi connectivity index (χ1) is 13.6. The van der Waals surface area contributed by atoms with E-state index < -0.39 is 5.91 Å². The van der Waals surface area contributed by atoms with Gasteiger partial charge in [0.25, 0.3) is 11.8 Å². The highest BCUT2D eigenvalue weighted by Gasteiger charge is 2.27. The van der Waals surface area contributed by atoms with Gasteiger partial charge in [0.15, 0.2) is 0 Å². The number of rotatable bonds is 4. The van der Waals surface area contributed by atoms with Crippen LogP contribution >= 0.6 is 0 Å². The molecule has 2 amide bonds. The molecule has 0 radical (unpaired) electrons. The molecule has 0 aliphatic carbocycles. The zero-order valence-electron chi connectivity index (χ0n) is 15.7. The molecule has 0 unspecified atom stereocenters. The molecule has 0 atom stereocenters. The van der Waals surface area contributed by atoms with Crippen LogP contribution in [-0.2, 0) is 4.79 Å². The van der Waals surface area contributed by atoms with Crippen LogP contribution in [-0.4, -0.2) is 24.2 Å². The molecule has 1 heterocycles. The third-order valence-corrected chi connectivity index (χ3v) is 4.39. The number of nitriles is 1. The van der Waals surface area contributed by atoms with Gasteiger partial charge in [0.05, 0.1) is 5.70 Å². The molecule has 0 saturated carbocycles. The summed E-state index contributed by atoms with van der Waals surface area (Å²) >= 11 is 0. The van der Waals surface area contributed by atoms with Gasteiger partial charge in [-0.15, -0.1) is 0 Å². The van der Waals surface area contributed by atoms with Gasteiger partial charge in [-0.1, -0.05) is 49.4 Å². The first-order valence-corrected chi connectivity index (χ1v) is 9.04. The van der Waals surface area contributed by atoms with Crippen LogP contribution in [0.2, 0.25) is 0 Å². The lowest BCUT2D eigenvalue weighted by atomic mass is 10.0. The van der Waals surface area contributed by atoms with E-state index in [-0.39, 0.29) is 17.2 Å². The molecule has 3 rings (SSSR count). The van der Waals surface area contributed by atoms with Crippen LogP contribution in [0.25, 0.3) is 5.70 Å². The van der Waals surface area contributed by atoms with Crippen LogP contribution in [0.4, 0.5) is 0 Å². The first-order valence-electron chi connectivity index (χ1n) is 9.04. The molecule has 0 spiro atoms. The maximum absolute atomic E-state index is 12.7. The van der Waals surface area contributed by atoms with E-state index in [0.29, 0.717) is 29.1 Å². The third-order valence-electron chi connectivity index (χ3n) is 4.39. The number of benzene rings is 2. The Kier molecular flexibility index (Phi) is 5.66. The molecule has 2 aromatic carbocycles. The Morgan fingerprint density at radius 3 is 2.43 bits per heavy atom. The third kappa shape index (κ3) is 3.69. The molecule has 1 aliphatic heterocycles. The Bertz CT molecular complexity index is 1040. The van der Waals surface area contributed by atoms with Crippen molar-refractivity contribution in [1.82, 2.24) is 10.6 Å². The number of aryl methyl sites for hydroxylation is 1. The lowest BCUT2D eigenvalue weighted by Crippen LogP contribution is -2.30. The van der Waals surface area contributed by atoms with E-state index >= 15 is 0 Å². The molecule has 0 aromatic heterocycles. The van der Waals surface area contributed by atoms with Crippen LogP contribution in [0, 0.1) is 18.3 Å². The number of amidine groups is 1. The molecule has 0 bridgehead atoms. The van der Waals surface area contributed by atoms with E-state index in [0.717, 1.165) is 12.0 Å². The second-order valence-corrected chi connectivity index (χ2v) is 6.37. The highest BCUT2D eigenvalue weighted by molar-refractivity contribution is 6.20. The molecule has 6 nitrogen and oxygen atoms in total. The zero-order chi connectivity index (χ0) is 20.1. The summed E-state index contributed by atoms with van der Waals surface area (Å²) in [5.41, 5.74) is 2.91. The maximum atomic E-state index is 12.7. The monoisotopic (exact) mass is 372 g/mol. The van der Waals surface area contributed by atoms with Crippen molar-refractivity contribution < 1.29 is 9.59 Å². The lowest BCUT2D eigenvalue weighted by Gasteiger charge is -2.08. The van der Waals surface area contributed by atoms with Crippen molar-refractivity contribution >= 4 is 23.3 Å². The molecular formula is C22H20N4O2. The minimum atomic E-state index is -0.468. The number of nitrogens with zero attached hydrogens (tertiary/aromatic N) is 2. The highest BCUT2D eigenvalue weighted by atomic mass is 16.2. The quantitative estimate of drug-likeness (QED) is 0.638. The molecule has 2 N–H and O–H groups in total. The van der Waals surface area contributed by atoms with E-state index in [1.165, 1.54) is 0 Å². The van der Waals surface area contributed by atoms with Gasteiger partial charge in [0.2, 0.25) is 0 Å². The Balaban J connectivity index is 2.00. The number of carbonyl (C=O) groups excluding carboxylic acids is 2. The van der Waals surface area contributed by atoms with Gasteiger partial charge in [0, 0.05) is 23.2 Å². The van der Waals surface area contributed by atoms with Crippen molar-refractivity contribution in [1.29, 1.82) is 5.26 Å². The van der Waals surface area contributed by atoms with Crippen molar-refractivity contribution in [3.8, 4) is 6.07 Å². The minimum Gasteiger partial charge on any atom is -0.351 e. The average molecular weight is 372 g/mol. The van der Waals surface area contributed by atoms with E-state index in [2.05, 4.69) is 15.6 Å². The standard InChI is InChI=1S/C22H20N4O2/c1-3-12-24-21(27)18(13-23)19-16-10-6-7-11-17(16)20(25-19)26-22(28)15-9-5-4-8-14(15)2/h4-11H,3,12H2,1-2H3,(H,24,27)(H,25,26,28)/b19-18-. The fourth-order valence-electron chi connectivity index (χ4n) is 2.95. The Labute approximate surface area is 163 Å². The Morgan fingerprint density at radius 1 is 1.07 bits per heavy atom. The summed E-state index contributed by atoms with van der Waals surface area (Å²) in [7, 11) is 0. The van der Waals surface area contributed by atoms with E-state index in [1.807, 2.05) is 38.1 Å². The molecule has 0 saturated heterocycles. The predicted molar refractivity (Wildman–Crippen MR) is 107 cm³/mol. The van der Waals surface area contributed by atoms with Crippen molar-refractivity contribution in [2.75, 3.05) is 6.54 Å². The number of amides is 2. The number of carbonyl (C=O) groups is 2. The van der Waals surface area contributed by atoms with Crippen LogP contribution in [0.5, 0.6) is 0 Å². The predicted octanol–water partition coefficient (Wildman–Crippen LogP) is 2.95. The average Bonchev–Trinajstić information content (AvgIpc) is 3.05. The van der Waals surface area contributed by atoms with Crippen LogP contribution in [0.3, 0.4) is 0 Å². The molecule has 28 heavy (non-hydrogen) atoms. The van der Waals surface area contributed by atoms with Crippen molar-refractivity contribution in [3.05, 3.63) is 76.4 Å². The number of hydrogen-bond acceptors (Lipinski definition) is 4. The van der Waals surface area contributed by atoms with Crippen molar-refractivity contribution in [2.45, 2.75) is 20.3 Å². The van der Waals surface area contributed by atoms with E-state index in [1.54, 1.807) is 30.3 Å². The molecular weight excluding hydrogens is 352 g/mol. The summed E-state index contributed by atoms with van der Waals surface area (Å²) in [6.45, 7) is 4.26. The minimum absolute atomic E-state index is 0.0685. The second kappa shape index (κ2) is 8.31. The maximum Gasteiger partial charge on any atom is 0.264 e. The molecule has 140 valence electrons. The smallest absolute Gasteiger partial charge is 0.264 e. The van der Waals surface area contributed by atoms with Gasteiger partial charge >= 0.3 is 0 Å². The number of aliphatic imine (C=N–C) groups is 1. The summed E-state index contributed by atoms with van der Waals surface area (Å²) in [5.74, 6) is -0.430. The number of fused-ring (bicyclic) bond motifs is 1. The fraction of sp³-hybridized carbons (Fsp3) is 0.182. The molecule has 6 heteroatoms. The van der Waals surface area contributed by atoms with Crippen molar-refractivity contribution in [2.24, 2.45) is 4.99 Å². The zero-order valence-corrected chi connectivity index (χ0v) is 15.7. The van der Waals surface area contributed by atoms with Gasteiger partial charge in [-0.05, 0) is 25.0 Å². The highest BCUT2D eigenvalue weighted by Crippen LogP contribution is 2.30. The number of hydrogen-bond donors (Lipinski definition) is 2. The van der Waals surface area contributed by atoms with Crippen molar-refractivity contribution in [3.63, 3.8) is 0 Å². The van der Waals surface area contributed by atoms with Gasteiger partial charge in [0.1, 0.15) is 17.5 Å². The largest absolute Gasteiger partial charge is 0.351 e. The van der Waals surface area contributed by atoms with Gasteiger partial charge in [-0.3, -0.25) is 9.59 Å². The van der Waals surface area contributed by atoms with Gasteiger partial charge in [-0.2, -0.15) is 5.26 Å². The van der Waals surface area contributed by atoms with Crippen LogP contribution in [0.15, 0.2) is 59.1 Å². The Hall–Kier alpha value is -3.72. The van der Waals surface area contributed by atoms with Crippen LogP contribution < -0.4 is 10.6 Å². The first kappa shape index (κ1) is 19.1. The van der Waals surface area contributed by atoms with Gasteiger partial charge in [-0.25, -0.2) is 4.99 Å². The summed E-state index contributed by atoms with van der Waals surface area (Å²) in [6, 6.07) is 16.4. The second-order valence-electron chi connectivity index (χ2n) is 6.37. The van der Waals surface area contributed by atoms with Crippen LogP contribution in [0.1, 0.15) is 40.4 Å². The molecule has 1 aliphatic rings. The summed E-state index contributed by atoms with van der Waals surface area (Å²) in [6.07, 6.45) is 0.761. The van der Waals surface area contributed by atoms with E-state index in [9.17, 15) is 14.9 Å². The summed E-state index contributed by atoms with van der Waals surface area (Å²) in [5, 5.41) is 15.1. The number of nitrogens with one attached hydrogen (secondary N) is 2. The summed E-state index contributed by atoms with van der Waals surface area (Å²) < 4.78 is 0. The normalized spacial score (nSPS) is 13.8. The molecule has 2 aromatic rings. The lowest BCUT2D eigenvalue weighted by molar-refractivity contribution is -0.117. The Morgan fingerprint density at radius 2 is 1.75 bits per heavy atom. The fourth-order valence-corrected chi connectivity index (χ4v) is 2.95. The van der Waals surface area contributed by atoms with Gasteiger partial charge < -0.3 is 10.6 Å². The molecule has 0 fully saturated rings. The van der Waals surface area contributed by atoms with E-state index in [4.69, 9.17) is 0 Å². The topological polar surface area (TPSA) is 94.3 Å². The SMILES string of the molecule is CCCNC(=O)/C(C#N)=C1\N=C(NC(=O)c2ccccc2C)c2ccccc21. The summed E-state index contributed by atoms with van der Waals surface area (Å²) in [4.78, 5) is 29.5.